The molecule has 0 spiro atoms. The maximum atomic E-state index is 12.3. The molecule has 9 heteroatoms. The Kier molecular flexibility index (Phi) is 4.66. The van der Waals surface area contributed by atoms with Crippen molar-refractivity contribution in [3.8, 4) is 0 Å². The number of nitrogens with zero attached hydrogens (tertiary/aromatic N) is 3. The molecule has 0 saturated carbocycles. The van der Waals surface area contributed by atoms with E-state index in [0.29, 0.717) is 0 Å². The van der Waals surface area contributed by atoms with Crippen LogP contribution in [-0.4, -0.2) is 41.5 Å². The lowest BCUT2D eigenvalue weighted by atomic mass is 10.6. The summed E-state index contributed by atoms with van der Waals surface area (Å²) in [6.45, 7) is 2.12. The molecule has 108 valence electrons. The SMILES string of the molecule is CCN(CCN)S(=O)(=O)c1cn(C)c(=O)n(C)c1=O. The van der Waals surface area contributed by atoms with Gasteiger partial charge >= 0.3 is 5.69 Å². The van der Waals surface area contributed by atoms with E-state index >= 15 is 0 Å². The van der Waals surface area contributed by atoms with Crippen LogP contribution in [0.3, 0.4) is 0 Å². The summed E-state index contributed by atoms with van der Waals surface area (Å²) in [5.41, 5.74) is 3.94. The molecule has 0 atom stereocenters. The minimum absolute atomic E-state index is 0.116. The average Bonchev–Trinajstić information content (AvgIpc) is 2.37. The van der Waals surface area contributed by atoms with Crippen molar-refractivity contribution in [1.82, 2.24) is 13.4 Å². The van der Waals surface area contributed by atoms with Gasteiger partial charge < -0.3 is 10.3 Å². The number of nitrogens with two attached hydrogens (primary N) is 1. The molecule has 0 unspecified atom stereocenters. The highest BCUT2D eigenvalue weighted by Gasteiger charge is 2.27. The summed E-state index contributed by atoms with van der Waals surface area (Å²) >= 11 is 0. The molecule has 0 radical (unpaired) electrons. The van der Waals surface area contributed by atoms with Gasteiger partial charge in [-0.15, -0.1) is 0 Å². The molecule has 1 rings (SSSR count). The van der Waals surface area contributed by atoms with Gasteiger partial charge in [0.25, 0.3) is 5.56 Å². The molecule has 0 aliphatic carbocycles. The second-order valence-electron chi connectivity index (χ2n) is 4.04. The molecular formula is C10H18N4O4S. The van der Waals surface area contributed by atoms with Gasteiger partial charge in [0.1, 0.15) is 0 Å². The van der Waals surface area contributed by atoms with Crippen LogP contribution in [0.1, 0.15) is 6.92 Å². The van der Waals surface area contributed by atoms with Gasteiger partial charge in [-0.05, 0) is 0 Å². The zero-order chi connectivity index (χ0) is 14.8. The second-order valence-corrected chi connectivity index (χ2v) is 5.94. The van der Waals surface area contributed by atoms with Crippen LogP contribution in [0.15, 0.2) is 20.7 Å². The van der Waals surface area contributed by atoms with Crippen LogP contribution in [0.4, 0.5) is 0 Å². The Bertz CT molecular complexity index is 674. The number of likely N-dealkylation sites (N-methyl/N-ethyl adjacent to an activating group) is 1. The highest BCUT2D eigenvalue weighted by molar-refractivity contribution is 7.89. The van der Waals surface area contributed by atoms with Gasteiger partial charge in [0.15, 0.2) is 4.90 Å². The fourth-order valence-corrected chi connectivity index (χ4v) is 3.30. The number of aromatic nitrogens is 2. The molecule has 0 fully saturated rings. The van der Waals surface area contributed by atoms with E-state index in [4.69, 9.17) is 5.73 Å². The summed E-state index contributed by atoms with van der Waals surface area (Å²) < 4.78 is 27.6. The van der Waals surface area contributed by atoms with E-state index in [1.54, 1.807) is 6.92 Å². The molecular weight excluding hydrogens is 272 g/mol. The Labute approximate surface area is 111 Å². The molecule has 0 aliphatic heterocycles. The van der Waals surface area contributed by atoms with Crippen LogP contribution in [0.25, 0.3) is 0 Å². The first kappa shape index (κ1) is 15.6. The van der Waals surface area contributed by atoms with Crippen LogP contribution in [0, 0.1) is 0 Å². The van der Waals surface area contributed by atoms with Gasteiger partial charge in [-0.25, -0.2) is 13.2 Å². The topological polar surface area (TPSA) is 107 Å². The van der Waals surface area contributed by atoms with Crippen molar-refractivity contribution in [3.05, 3.63) is 27.0 Å². The van der Waals surface area contributed by atoms with Crippen molar-refractivity contribution < 1.29 is 8.42 Å². The zero-order valence-corrected chi connectivity index (χ0v) is 12.0. The third-order valence-electron chi connectivity index (χ3n) is 2.76. The van der Waals surface area contributed by atoms with Crippen LogP contribution < -0.4 is 17.0 Å². The van der Waals surface area contributed by atoms with Crippen molar-refractivity contribution >= 4 is 10.0 Å². The summed E-state index contributed by atoms with van der Waals surface area (Å²) in [7, 11) is -1.32. The van der Waals surface area contributed by atoms with Gasteiger partial charge in [-0.3, -0.25) is 9.36 Å². The summed E-state index contributed by atoms with van der Waals surface area (Å²) in [6, 6.07) is 0. The Morgan fingerprint density at radius 3 is 2.37 bits per heavy atom. The van der Waals surface area contributed by atoms with E-state index in [1.165, 1.54) is 14.1 Å². The van der Waals surface area contributed by atoms with Gasteiger partial charge in [0.2, 0.25) is 10.0 Å². The van der Waals surface area contributed by atoms with Crippen LogP contribution in [0.2, 0.25) is 0 Å². The Morgan fingerprint density at radius 1 is 1.32 bits per heavy atom. The Hall–Kier alpha value is -1.45. The predicted octanol–water partition coefficient (Wildman–Crippen LogP) is -1.95. The van der Waals surface area contributed by atoms with E-state index in [0.717, 1.165) is 19.6 Å². The minimum Gasteiger partial charge on any atom is -0.329 e. The molecule has 0 amide bonds. The quantitative estimate of drug-likeness (QED) is 0.678. The normalized spacial score (nSPS) is 12.1. The van der Waals surface area contributed by atoms with Crippen molar-refractivity contribution in [3.63, 3.8) is 0 Å². The molecule has 2 N–H and O–H groups in total. The van der Waals surface area contributed by atoms with Gasteiger partial charge in [-0.1, -0.05) is 6.92 Å². The first-order chi connectivity index (χ1) is 8.77. The monoisotopic (exact) mass is 290 g/mol. The summed E-state index contributed by atoms with van der Waals surface area (Å²) in [5.74, 6) is 0. The van der Waals surface area contributed by atoms with E-state index in [1.807, 2.05) is 0 Å². The van der Waals surface area contributed by atoms with Crippen molar-refractivity contribution in [2.24, 2.45) is 19.8 Å². The lowest BCUT2D eigenvalue weighted by molar-refractivity contribution is 0.432. The van der Waals surface area contributed by atoms with Gasteiger partial charge in [0, 0.05) is 39.9 Å². The Morgan fingerprint density at radius 2 is 1.89 bits per heavy atom. The molecule has 1 aromatic rings. The van der Waals surface area contributed by atoms with Crippen molar-refractivity contribution in [2.75, 3.05) is 19.6 Å². The molecule has 1 heterocycles. The fraction of sp³-hybridized carbons (Fsp3) is 0.600. The Balaban J connectivity index is 3.54. The van der Waals surface area contributed by atoms with E-state index < -0.39 is 26.2 Å². The van der Waals surface area contributed by atoms with Crippen LogP contribution in [-0.2, 0) is 24.1 Å². The van der Waals surface area contributed by atoms with E-state index in [-0.39, 0.29) is 19.6 Å². The van der Waals surface area contributed by atoms with Crippen LogP contribution in [0.5, 0.6) is 0 Å². The molecule has 0 aliphatic rings. The lowest BCUT2D eigenvalue weighted by Crippen LogP contribution is -2.43. The highest BCUT2D eigenvalue weighted by atomic mass is 32.2. The van der Waals surface area contributed by atoms with Gasteiger partial charge in [0.05, 0.1) is 0 Å². The van der Waals surface area contributed by atoms with Crippen molar-refractivity contribution in [1.29, 1.82) is 0 Å². The standard InChI is InChI=1S/C10H18N4O4S/c1-4-14(6-5-11)19(17,18)8-7-12(2)10(16)13(3)9(8)15/h7H,4-6,11H2,1-3H3. The van der Waals surface area contributed by atoms with Crippen molar-refractivity contribution in [2.45, 2.75) is 11.8 Å². The minimum atomic E-state index is -3.95. The molecule has 0 aromatic carbocycles. The fourth-order valence-electron chi connectivity index (χ4n) is 1.68. The number of sulfonamides is 1. The molecule has 0 bridgehead atoms. The number of hydrogen-bond acceptors (Lipinski definition) is 5. The number of aryl methyl sites for hydroxylation is 1. The third-order valence-corrected chi connectivity index (χ3v) is 4.72. The smallest absolute Gasteiger partial charge is 0.329 e. The first-order valence-corrected chi connectivity index (χ1v) is 7.18. The molecule has 0 saturated heterocycles. The molecule has 19 heavy (non-hydrogen) atoms. The maximum Gasteiger partial charge on any atom is 0.330 e. The van der Waals surface area contributed by atoms with E-state index in [2.05, 4.69) is 0 Å². The third kappa shape index (κ3) is 2.77. The first-order valence-electron chi connectivity index (χ1n) is 5.74. The largest absolute Gasteiger partial charge is 0.330 e. The van der Waals surface area contributed by atoms with Gasteiger partial charge in [-0.2, -0.15) is 4.31 Å². The molecule has 8 nitrogen and oxygen atoms in total. The second kappa shape index (κ2) is 5.68. The predicted molar refractivity (Wildman–Crippen MR) is 70.4 cm³/mol. The zero-order valence-electron chi connectivity index (χ0n) is 11.2. The number of hydrogen-bond donors (Lipinski definition) is 1. The van der Waals surface area contributed by atoms with E-state index in [9.17, 15) is 18.0 Å². The lowest BCUT2D eigenvalue weighted by Gasteiger charge is -2.19. The van der Waals surface area contributed by atoms with Crippen LogP contribution >= 0.6 is 0 Å². The molecule has 1 aromatic heterocycles. The summed E-state index contributed by atoms with van der Waals surface area (Å²) in [4.78, 5) is 23.0. The maximum absolute atomic E-state index is 12.3. The summed E-state index contributed by atoms with van der Waals surface area (Å²) in [6.07, 6.45) is 1.04. The number of rotatable bonds is 5. The summed E-state index contributed by atoms with van der Waals surface area (Å²) in [5, 5.41) is 0. The highest BCUT2D eigenvalue weighted by Crippen LogP contribution is 2.09. The average molecular weight is 290 g/mol.